The van der Waals surface area contributed by atoms with Crippen LogP contribution in [-0.4, -0.2) is 29.4 Å². The molecule has 0 aromatic carbocycles. The summed E-state index contributed by atoms with van der Waals surface area (Å²) in [6.07, 6.45) is 2.26. The van der Waals surface area contributed by atoms with E-state index in [1.54, 1.807) is 0 Å². The van der Waals surface area contributed by atoms with Crippen LogP contribution in [0.3, 0.4) is 0 Å². The third kappa shape index (κ3) is 6.89. The molecule has 1 atom stereocenters. The minimum atomic E-state index is -3.10. The number of hydrogen-bond donors (Lipinski definition) is 1. The lowest BCUT2D eigenvalue weighted by molar-refractivity contribution is -0.137. The Morgan fingerprint density at radius 1 is 1.40 bits per heavy atom. The third-order valence-electron chi connectivity index (χ3n) is 1.99. The summed E-state index contributed by atoms with van der Waals surface area (Å²) in [5.41, 5.74) is 0. The normalized spacial score (nSPS) is 13.7. The predicted molar refractivity (Wildman–Crippen MR) is 62.9 cm³/mol. The zero-order valence-corrected chi connectivity index (χ0v) is 11.2. The maximum absolute atomic E-state index is 11.6. The highest BCUT2D eigenvalue weighted by Gasteiger charge is 2.21. The summed E-state index contributed by atoms with van der Waals surface area (Å²) in [5, 5.41) is 8.41. The number of alkyl halides is 1. The number of aliphatic carboxylic acids is 1. The molecular weight excluding hydrogens is 284 g/mol. The number of sulfone groups is 1. The van der Waals surface area contributed by atoms with Crippen LogP contribution in [0, 0.1) is 0 Å². The molecule has 1 unspecified atom stereocenters. The SMILES string of the molecule is CCCCS(=O)(=O)C(Br)CCCC(=O)O. The van der Waals surface area contributed by atoms with Gasteiger partial charge in [-0.3, -0.25) is 4.79 Å². The highest BCUT2D eigenvalue weighted by atomic mass is 79.9. The molecular formula is C9H17BrO4S. The first-order valence-electron chi connectivity index (χ1n) is 4.97. The van der Waals surface area contributed by atoms with Gasteiger partial charge in [-0.15, -0.1) is 0 Å². The number of carbonyl (C=O) groups is 1. The van der Waals surface area contributed by atoms with E-state index < -0.39 is 20.0 Å². The molecule has 0 aromatic heterocycles. The van der Waals surface area contributed by atoms with Gasteiger partial charge in [-0.05, 0) is 19.3 Å². The highest BCUT2D eigenvalue weighted by molar-refractivity contribution is 9.11. The van der Waals surface area contributed by atoms with Crippen molar-refractivity contribution in [3.8, 4) is 0 Å². The summed E-state index contributed by atoms with van der Waals surface area (Å²) in [5.74, 6) is -0.715. The fraction of sp³-hybridized carbons (Fsp3) is 0.889. The first-order valence-corrected chi connectivity index (χ1v) is 7.60. The van der Waals surface area contributed by atoms with E-state index in [2.05, 4.69) is 15.9 Å². The molecule has 0 aliphatic carbocycles. The van der Waals surface area contributed by atoms with Gasteiger partial charge in [0.2, 0.25) is 0 Å². The van der Waals surface area contributed by atoms with Gasteiger partial charge >= 0.3 is 5.97 Å². The van der Waals surface area contributed by atoms with Gasteiger partial charge in [0.15, 0.2) is 9.84 Å². The molecule has 0 radical (unpaired) electrons. The van der Waals surface area contributed by atoms with Gasteiger partial charge in [-0.1, -0.05) is 29.3 Å². The minimum absolute atomic E-state index is 0.0192. The van der Waals surface area contributed by atoms with Crippen LogP contribution in [0.25, 0.3) is 0 Å². The Kier molecular flexibility index (Phi) is 7.17. The van der Waals surface area contributed by atoms with Crippen molar-refractivity contribution in [3.05, 3.63) is 0 Å². The first kappa shape index (κ1) is 14.9. The molecule has 0 fully saturated rings. The minimum Gasteiger partial charge on any atom is -0.481 e. The number of hydrogen-bond acceptors (Lipinski definition) is 3. The average molecular weight is 301 g/mol. The van der Waals surface area contributed by atoms with Gasteiger partial charge in [0.1, 0.15) is 4.16 Å². The van der Waals surface area contributed by atoms with Crippen LogP contribution < -0.4 is 0 Å². The quantitative estimate of drug-likeness (QED) is 0.697. The second-order valence-corrected chi connectivity index (χ2v) is 7.43. The van der Waals surface area contributed by atoms with E-state index in [1.165, 1.54) is 0 Å². The van der Waals surface area contributed by atoms with E-state index in [4.69, 9.17) is 5.11 Å². The number of unbranched alkanes of at least 4 members (excludes halogenated alkanes) is 1. The summed E-state index contributed by atoms with van der Waals surface area (Å²) in [4.78, 5) is 10.2. The monoisotopic (exact) mass is 300 g/mol. The molecule has 0 aliphatic heterocycles. The van der Waals surface area contributed by atoms with Crippen molar-refractivity contribution in [2.45, 2.75) is 43.2 Å². The van der Waals surface area contributed by atoms with Gasteiger partial charge in [0.05, 0.1) is 5.75 Å². The maximum Gasteiger partial charge on any atom is 0.303 e. The van der Waals surface area contributed by atoms with E-state index >= 15 is 0 Å². The molecule has 0 amide bonds. The summed E-state index contributed by atoms with van der Waals surface area (Å²) < 4.78 is 22.5. The van der Waals surface area contributed by atoms with Gasteiger partial charge < -0.3 is 5.11 Å². The van der Waals surface area contributed by atoms with Crippen LogP contribution in [0.2, 0.25) is 0 Å². The molecule has 15 heavy (non-hydrogen) atoms. The largest absolute Gasteiger partial charge is 0.481 e. The molecule has 0 aliphatic rings. The van der Waals surface area contributed by atoms with Gasteiger partial charge in [-0.2, -0.15) is 0 Å². The zero-order chi connectivity index (χ0) is 11.9. The van der Waals surface area contributed by atoms with E-state index in [1.807, 2.05) is 6.92 Å². The van der Waals surface area contributed by atoms with Crippen molar-refractivity contribution in [2.75, 3.05) is 5.75 Å². The van der Waals surface area contributed by atoms with E-state index in [9.17, 15) is 13.2 Å². The zero-order valence-electron chi connectivity index (χ0n) is 8.78. The Hall–Kier alpha value is -0.100. The van der Waals surface area contributed by atoms with Crippen LogP contribution in [0.4, 0.5) is 0 Å². The number of halogens is 1. The summed E-state index contributed by atoms with van der Waals surface area (Å²) in [7, 11) is -3.10. The average Bonchev–Trinajstić information content (AvgIpc) is 2.14. The Bertz CT molecular complexity index is 286. The smallest absolute Gasteiger partial charge is 0.303 e. The standard InChI is InChI=1S/C9H17BrO4S/c1-2-3-7-15(13,14)8(10)5-4-6-9(11)12/h8H,2-7H2,1H3,(H,11,12). The van der Waals surface area contributed by atoms with Crippen LogP contribution in [0.1, 0.15) is 39.0 Å². The van der Waals surface area contributed by atoms with Crippen molar-refractivity contribution in [1.29, 1.82) is 0 Å². The van der Waals surface area contributed by atoms with Crippen molar-refractivity contribution < 1.29 is 18.3 Å². The van der Waals surface area contributed by atoms with Crippen LogP contribution in [0.5, 0.6) is 0 Å². The first-order chi connectivity index (χ1) is 6.90. The van der Waals surface area contributed by atoms with E-state index in [0.717, 1.165) is 6.42 Å². The molecule has 0 bridgehead atoms. The van der Waals surface area contributed by atoms with Crippen molar-refractivity contribution in [2.24, 2.45) is 0 Å². The predicted octanol–water partition coefficient (Wildman–Crippen LogP) is 2.18. The van der Waals surface area contributed by atoms with Gasteiger partial charge in [0.25, 0.3) is 0 Å². The summed E-state index contributed by atoms with van der Waals surface area (Å²) in [6.45, 7) is 1.93. The molecule has 0 spiro atoms. The second-order valence-electron chi connectivity index (χ2n) is 3.42. The lowest BCUT2D eigenvalue weighted by Crippen LogP contribution is -2.18. The highest BCUT2D eigenvalue weighted by Crippen LogP contribution is 2.18. The Labute approximate surface area is 99.1 Å². The molecule has 0 saturated heterocycles. The summed E-state index contributed by atoms with van der Waals surface area (Å²) in [6, 6.07) is 0. The van der Waals surface area contributed by atoms with Crippen molar-refractivity contribution >= 4 is 31.7 Å². The Balaban J connectivity index is 3.96. The third-order valence-corrected chi connectivity index (χ3v) is 6.03. The molecule has 4 nitrogen and oxygen atoms in total. The Morgan fingerprint density at radius 3 is 2.47 bits per heavy atom. The maximum atomic E-state index is 11.6. The second kappa shape index (κ2) is 7.22. The van der Waals surface area contributed by atoms with Crippen molar-refractivity contribution in [3.63, 3.8) is 0 Å². The molecule has 90 valence electrons. The molecule has 0 heterocycles. The van der Waals surface area contributed by atoms with E-state index in [-0.39, 0.29) is 12.2 Å². The molecule has 0 aromatic rings. The Morgan fingerprint density at radius 2 is 2.00 bits per heavy atom. The molecule has 0 saturated carbocycles. The fourth-order valence-electron chi connectivity index (χ4n) is 1.07. The number of carboxylic acids is 1. The molecule has 0 rings (SSSR count). The molecule has 1 N–H and O–H groups in total. The molecule has 6 heteroatoms. The lowest BCUT2D eigenvalue weighted by atomic mass is 10.2. The fourth-order valence-corrected chi connectivity index (χ4v) is 3.42. The van der Waals surface area contributed by atoms with Crippen LogP contribution in [0.15, 0.2) is 0 Å². The topological polar surface area (TPSA) is 71.4 Å². The lowest BCUT2D eigenvalue weighted by Gasteiger charge is -2.09. The van der Waals surface area contributed by atoms with E-state index in [0.29, 0.717) is 19.3 Å². The number of rotatable bonds is 8. The number of carboxylic acid groups (broad SMARTS) is 1. The van der Waals surface area contributed by atoms with Gasteiger partial charge in [0, 0.05) is 6.42 Å². The summed E-state index contributed by atoms with van der Waals surface area (Å²) >= 11 is 3.10. The van der Waals surface area contributed by atoms with Crippen LogP contribution >= 0.6 is 15.9 Å². The van der Waals surface area contributed by atoms with Crippen molar-refractivity contribution in [1.82, 2.24) is 0 Å². The van der Waals surface area contributed by atoms with Crippen LogP contribution in [-0.2, 0) is 14.6 Å². The van der Waals surface area contributed by atoms with Gasteiger partial charge in [-0.25, -0.2) is 8.42 Å².